The van der Waals surface area contributed by atoms with Gasteiger partial charge in [-0.05, 0) is 84.8 Å². The molecule has 0 bridgehead atoms. The number of fused-ring (bicyclic) bond motifs is 1. The van der Waals surface area contributed by atoms with E-state index in [0.29, 0.717) is 12.4 Å². The maximum Gasteiger partial charge on any atom is 0.235 e. The molecular formula is C27H28N2O4S. The fourth-order valence-corrected chi connectivity index (χ4v) is 4.73. The van der Waals surface area contributed by atoms with Crippen LogP contribution in [0.15, 0.2) is 71.6 Å². The molecule has 1 aliphatic carbocycles. The Morgan fingerprint density at radius 3 is 2.62 bits per heavy atom. The van der Waals surface area contributed by atoms with Gasteiger partial charge in [-0.3, -0.25) is 9.52 Å². The number of hydrogen-bond acceptors (Lipinski definition) is 6. The van der Waals surface area contributed by atoms with E-state index in [1.54, 1.807) is 11.9 Å². The third-order valence-corrected chi connectivity index (χ3v) is 7.02. The second-order valence-corrected chi connectivity index (χ2v) is 9.37. The number of hydrogen-bond donors (Lipinski definition) is 2. The van der Waals surface area contributed by atoms with Crippen LogP contribution in [-0.2, 0) is 14.9 Å². The summed E-state index contributed by atoms with van der Waals surface area (Å²) in [6, 6.07) is 22.2. The molecule has 2 aliphatic rings. The van der Waals surface area contributed by atoms with E-state index < -0.39 is 5.41 Å². The summed E-state index contributed by atoms with van der Waals surface area (Å²) in [5.74, 6) is 1.47. The number of anilines is 1. The molecule has 1 heterocycles. The highest BCUT2D eigenvalue weighted by Gasteiger charge is 2.51. The summed E-state index contributed by atoms with van der Waals surface area (Å²) in [6.07, 6.45) is 1.66. The fourth-order valence-electron chi connectivity index (χ4n) is 4.10. The molecule has 1 saturated carbocycles. The fraction of sp³-hybridized carbons (Fsp3) is 0.296. The molecule has 3 aromatic rings. The lowest BCUT2D eigenvalue weighted by Crippen LogP contribution is -2.27. The Morgan fingerprint density at radius 2 is 1.82 bits per heavy atom. The molecule has 176 valence electrons. The minimum absolute atomic E-state index is 0.0217. The standard InChI is InChI=1S/C27H28N2O4S/c1-2-31-15-14-28-34-23-9-6-19(7-10-23)20-4-3-5-22(16-20)29-26(30)27(12-13-27)21-8-11-24-25(17-21)33-18-32-24/h3-11,16-17,28H,2,12-15,18H2,1H3,(H,29,30). The minimum Gasteiger partial charge on any atom is -0.454 e. The zero-order valence-electron chi connectivity index (χ0n) is 19.1. The van der Waals surface area contributed by atoms with E-state index in [9.17, 15) is 4.79 Å². The first-order chi connectivity index (χ1) is 16.7. The van der Waals surface area contributed by atoms with E-state index in [1.165, 1.54) is 0 Å². The summed E-state index contributed by atoms with van der Waals surface area (Å²) in [4.78, 5) is 14.4. The lowest BCUT2D eigenvalue weighted by atomic mass is 9.94. The van der Waals surface area contributed by atoms with Gasteiger partial charge in [-0.25, -0.2) is 0 Å². The van der Waals surface area contributed by atoms with Crippen LogP contribution >= 0.6 is 11.9 Å². The van der Waals surface area contributed by atoms with E-state index in [0.717, 1.165) is 59.0 Å². The van der Waals surface area contributed by atoms with E-state index in [-0.39, 0.29) is 12.7 Å². The molecule has 34 heavy (non-hydrogen) atoms. The molecule has 0 aromatic heterocycles. The van der Waals surface area contributed by atoms with Crippen molar-refractivity contribution in [2.45, 2.75) is 30.1 Å². The molecule has 3 aromatic carbocycles. The number of carbonyl (C=O) groups is 1. The van der Waals surface area contributed by atoms with Gasteiger partial charge >= 0.3 is 0 Å². The van der Waals surface area contributed by atoms with Gasteiger partial charge in [0, 0.05) is 23.7 Å². The van der Waals surface area contributed by atoms with Gasteiger partial charge in [-0.2, -0.15) is 0 Å². The molecule has 7 heteroatoms. The zero-order valence-corrected chi connectivity index (χ0v) is 20.0. The molecular weight excluding hydrogens is 448 g/mol. The van der Waals surface area contributed by atoms with Crippen molar-refractivity contribution in [3.63, 3.8) is 0 Å². The van der Waals surface area contributed by atoms with Crippen LogP contribution in [0, 0.1) is 0 Å². The highest BCUT2D eigenvalue weighted by Crippen LogP contribution is 2.51. The monoisotopic (exact) mass is 476 g/mol. The van der Waals surface area contributed by atoms with Crippen molar-refractivity contribution in [2.75, 3.05) is 31.9 Å². The number of benzene rings is 3. The van der Waals surface area contributed by atoms with E-state index in [2.05, 4.69) is 40.4 Å². The average molecular weight is 477 g/mol. The van der Waals surface area contributed by atoms with Gasteiger partial charge in [0.1, 0.15) is 0 Å². The largest absolute Gasteiger partial charge is 0.454 e. The van der Waals surface area contributed by atoms with E-state index >= 15 is 0 Å². The van der Waals surface area contributed by atoms with E-state index in [1.807, 2.05) is 43.3 Å². The lowest BCUT2D eigenvalue weighted by Gasteiger charge is -2.17. The Hall–Kier alpha value is -3.00. The van der Waals surface area contributed by atoms with Gasteiger partial charge in [-0.1, -0.05) is 30.3 Å². The lowest BCUT2D eigenvalue weighted by molar-refractivity contribution is -0.118. The number of amides is 1. The van der Waals surface area contributed by atoms with Crippen molar-refractivity contribution >= 4 is 23.5 Å². The van der Waals surface area contributed by atoms with Crippen molar-refractivity contribution in [3.8, 4) is 22.6 Å². The van der Waals surface area contributed by atoms with Gasteiger partial charge in [0.25, 0.3) is 0 Å². The predicted octanol–water partition coefficient (Wildman–Crippen LogP) is 5.39. The SMILES string of the molecule is CCOCCNSc1ccc(-c2cccc(NC(=O)C3(c4ccc5c(c4)OCO5)CC3)c2)cc1. The van der Waals surface area contributed by atoms with Crippen molar-refractivity contribution < 1.29 is 19.0 Å². The third-order valence-electron chi connectivity index (χ3n) is 6.16. The highest BCUT2D eigenvalue weighted by atomic mass is 32.2. The highest BCUT2D eigenvalue weighted by molar-refractivity contribution is 7.97. The summed E-state index contributed by atoms with van der Waals surface area (Å²) >= 11 is 1.60. The van der Waals surface area contributed by atoms with Crippen LogP contribution in [0.25, 0.3) is 11.1 Å². The predicted molar refractivity (Wildman–Crippen MR) is 134 cm³/mol. The Morgan fingerprint density at radius 1 is 1.00 bits per heavy atom. The normalized spacial score (nSPS) is 15.2. The van der Waals surface area contributed by atoms with Gasteiger partial charge < -0.3 is 19.5 Å². The van der Waals surface area contributed by atoms with Crippen LogP contribution in [0.3, 0.4) is 0 Å². The van der Waals surface area contributed by atoms with Crippen LogP contribution in [0.1, 0.15) is 25.3 Å². The van der Waals surface area contributed by atoms with Gasteiger partial charge in [0.2, 0.25) is 12.7 Å². The maximum atomic E-state index is 13.3. The summed E-state index contributed by atoms with van der Waals surface area (Å²) in [5, 5.41) is 3.14. The van der Waals surface area contributed by atoms with Gasteiger partial charge in [-0.15, -0.1) is 0 Å². The molecule has 0 saturated heterocycles. The minimum atomic E-state index is -0.495. The van der Waals surface area contributed by atoms with Crippen molar-refractivity contribution in [2.24, 2.45) is 0 Å². The van der Waals surface area contributed by atoms with Crippen LogP contribution < -0.4 is 19.5 Å². The Bertz CT molecular complexity index is 1160. The van der Waals surface area contributed by atoms with E-state index in [4.69, 9.17) is 14.2 Å². The summed E-state index contributed by atoms with van der Waals surface area (Å²) in [6.45, 7) is 4.47. The molecule has 2 N–H and O–H groups in total. The summed E-state index contributed by atoms with van der Waals surface area (Å²) in [5.41, 5.74) is 3.45. The first-order valence-electron chi connectivity index (χ1n) is 11.6. The average Bonchev–Trinajstić information content (AvgIpc) is 3.55. The molecule has 1 fully saturated rings. The second kappa shape index (κ2) is 10.1. The summed E-state index contributed by atoms with van der Waals surface area (Å²) in [7, 11) is 0. The van der Waals surface area contributed by atoms with Gasteiger partial charge in [0.05, 0.1) is 12.0 Å². The van der Waals surface area contributed by atoms with Crippen LogP contribution in [0.2, 0.25) is 0 Å². The molecule has 1 amide bonds. The van der Waals surface area contributed by atoms with Crippen LogP contribution in [0.4, 0.5) is 5.69 Å². The Balaban J connectivity index is 1.23. The Kier molecular flexibility index (Phi) is 6.76. The molecule has 0 spiro atoms. The molecule has 1 aliphatic heterocycles. The number of carbonyl (C=O) groups excluding carboxylic acids is 1. The van der Waals surface area contributed by atoms with Crippen molar-refractivity contribution in [1.29, 1.82) is 0 Å². The first kappa shape index (κ1) is 22.8. The number of nitrogens with one attached hydrogen (secondary N) is 2. The molecule has 6 nitrogen and oxygen atoms in total. The van der Waals surface area contributed by atoms with Crippen LogP contribution in [0.5, 0.6) is 11.5 Å². The summed E-state index contributed by atoms with van der Waals surface area (Å²) < 4.78 is 19.6. The quantitative estimate of drug-likeness (QED) is 0.302. The second-order valence-electron chi connectivity index (χ2n) is 8.40. The number of ether oxygens (including phenoxy) is 3. The zero-order chi connectivity index (χ0) is 23.4. The van der Waals surface area contributed by atoms with Crippen molar-refractivity contribution in [3.05, 3.63) is 72.3 Å². The number of rotatable bonds is 10. The molecule has 0 atom stereocenters. The first-order valence-corrected chi connectivity index (χ1v) is 12.4. The van der Waals surface area contributed by atoms with Gasteiger partial charge in [0.15, 0.2) is 11.5 Å². The molecule has 0 radical (unpaired) electrons. The van der Waals surface area contributed by atoms with Crippen molar-refractivity contribution in [1.82, 2.24) is 4.72 Å². The Labute approximate surface area is 204 Å². The third kappa shape index (κ3) is 4.92. The maximum absolute atomic E-state index is 13.3. The smallest absolute Gasteiger partial charge is 0.235 e. The van der Waals surface area contributed by atoms with Crippen LogP contribution in [-0.4, -0.2) is 32.5 Å². The molecule has 0 unspecified atom stereocenters. The topological polar surface area (TPSA) is 68.8 Å². The molecule has 5 rings (SSSR count).